The van der Waals surface area contributed by atoms with Crippen molar-refractivity contribution in [2.75, 3.05) is 77.1 Å². The quantitative estimate of drug-likeness (QED) is 0.163. The van der Waals surface area contributed by atoms with Crippen LogP contribution in [0.4, 0.5) is 10.5 Å². The van der Waals surface area contributed by atoms with E-state index in [-0.39, 0.29) is 38.3 Å². The number of aromatic nitrogens is 1. The Morgan fingerprint density at radius 2 is 1.61 bits per heavy atom. The van der Waals surface area contributed by atoms with Crippen molar-refractivity contribution >= 4 is 37.7 Å². The lowest BCUT2D eigenvalue weighted by molar-refractivity contribution is -0.134. The van der Waals surface area contributed by atoms with E-state index in [1.54, 1.807) is 6.07 Å². The number of nitrogens with one attached hydrogen (secondary N) is 1. The molecule has 1 atom stereocenters. The van der Waals surface area contributed by atoms with Crippen molar-refractivity contribution in [2.24, 2.45) is 0 Å². The Bertz CT molecular complexity index is 1360. The molecule has 3 amide bonds. The van der Waals surface area contributed by atoms with Crippen LogP contribution in [0.5, 0.6) is 0 Å². The first-order valence-electron chi connectivity index (χ1n) is 15.1. The van der Waals surface area contributed by atoms with Crippen LogP contribution >= 0.6 is 7.60 Å². The van der Waals surface area contributed by atoms with Crippen LogP contribution in [0.1, 0.15) is 30.3 Å². The predicted molar refractivity (Wildman–Crippen MR) is 171 cm³/mol. The Kier molecular flexibility index (Phi) is 13.9. The molecule has 0 spiro atoms. The third-order valence-corrected chi connectivity index (χ3v) is 8.42. The average molecular weight is 663 g/mol. The molecule has 2 aromatic rings. The first kappa shape index (κ1) is 36.4. The summed E-state index contributed by atoms with van der Waals surface area (Å²) in [6.07, 6.45) is 0.334. The Morgan fingerprint density at radius 1 is 1.00 bits per heavy atom. The van der Waals surface area contributed by atoms with Crippen LogP contribution in [-0.4, -0.2) is 137 Å². The molecule has 4 rings (SSSR count). The fourth-order valence-corrected chi connectivity index (χ4v) is 5.74. The van der Waals surface area contributed by atoms with Gasteiger partial charge in [0.2, 0.25) is 5.91 Å². The minimum Gasteiger partial charge on any atom is -0.483 e. The zero-order valence-electron chi connectivity index (χ0n) is 26.2. The largest absolute Gasteiger partial charge is 0.483 e. The SMILES string of the molecule is CCCCOC(=O)N1CCN(C(=O)[C@H](CP(=O)(O)O)NC(=O)c2cc(N3CCN(C)CC3)cc(-c3ccccc3)n2)CC1.O=CO. The molecule has 2 aliphatic heterocycles. The molecule has 2 aliphatic rings. The van der Waals surface area contributed by atoms with Gasteiger partial charge in [-0.3, -0.25) is 18.9 Å². The van der Waals surface area contributed by atoms with Crippen LogP contribution in [0.25, 0.3) is 11.3 Å². The van der Waals surface area contributed by atoms with Gasteiger partial charge < -0.3 is 44.5 Å². The highest BCUT2D eigenvalue weighted by Crippen LogP contribution is 2.35. The molecular formula is C30H43N6O9P. The summed E-state index contributed by atoms with van der Waals surface area (Å²) < 4.78 is 17.3. The number of benzene rings is 1. The first-order chi connectivity index (χ1) is 21.9. The van der Waals surface area contributed by atoms with E-state index in [0.717, 1.165) is 50.3 Å². The fraction of sp³-hybridized carbons (Fsp3) is 0.500. The Labute approximate surface area is 268 Å². The van der Waals surface area contributed by atoms with Crippen molar-refractivity contribution in [2.45, 2.75) is 25.8 Å². The number of ether oxygens (including phenoxy) is 1. The number of hydrogen-bond donors (Lipinski definition) is 4. The molecule has 2 fully saturated rings. The number of piperazine rings is 2. The number of amides is 3. The second-order valence-corrected chi connectivity index (χ2v) is 12.7. The number of carbonyl (C=O) groups is 4. The molecule has 4 N–H and O–H groups in total. The summed E-state index contributed by atoms with van der Waals surface area (Å²) in [4.78, 5) is 79.0. The van der Waals surface area contributed by atoms with E-state index in [1.807, 2.05) is 43.3 Å². The van der Waals surface area contributed by atoms with E-state index in [9.17, 15) is 28.7 Å². The van der Waals surface area contributed by atoms with Crippen molar-refractivity contribution in [3.63, 3.8) is 0 Å². The van der Waals surface area contributed by atoms with E-state index in [0.29, 0.717) is 12.3 Å². The number of hydrogen-bond acceptors (Lipinski definition) is 9. The number of pyridine rings is 1. The van der Waals surface area contributed by atoms with Crippen molar-refractivity contribution in [1.82, 2.24) is 25.0 Å². The van der Waals surface area contributed by atoms with E-state index >= 15 is 0 Å². The van der Waals surface area contributed by atoms with Crippen LogP contribution in [0.2, 0.25) is 0 Å². The maximum absolute atomic E-state index is 13.6. The molecule has 2 saturated heterocycles. The maximum atomic E-state index is 13.6. The lowest BCUT2D eigenvalue weighted by atomic mass is 10.1. The smallest absolute Gasteiger partial charge is 0.409 e. The van der Waals surface area contributed by atoms with Gasteiger partial charge in [0.05, 0.1) is 18.5 Å². The lowest BCUT2D eigenvalue weighted by Crippen LogP contribution is -2.56. The maximum Gasteiger partial charge on any atom is 0.409 e. The summed E-state index contributed by atoms with van der Waals surface area (Å²) in [6.45, 7) is 5.99. The van der Waals surface area contributed by atoms with E-state index in [1.165, 1.54) is 9.80 Å². The summed E-state index contributed by atoms with van der Waals surface area (Å²) in [6, 6.07) is 11.5. The van der Waals surface area contributed by atoms with E-state index < -0.39 is 37.7 Å². The van der Waals surface area contributed by atoms with Gasteiger partial charge in [-0.05, 0) is 25.6 Å². The van der Waals surface area contributed by atoms with Gasteiger partial charge in [-0.15, -0.1) is 0 Å². The second kappa shape index (κ2) is 17.6. The molecule has 16 heteroatoms. The van der Waals surface area contributed by atoms with Crippen molar-refractivity contribution < 1.29 is 43.4 Å². The minimum absolute atomic E-state index is 0.0402. The monoisotopic (exact) mass is 662 g/mol. The molecule has 0 aliphatic carbocycles. The van der Waals surface area contributed by atoms with Gasteiger partial charge in [0.25, 0.3) is 12.4 Å². The van der Waals surface area contributed by atoms with Crippen LogP contribution in [-0.2, 0) is 18.9 Å². The lowest BCUT2D eigenvalue weighted by Gasteiger charge is -2.36. The minimum atomic E-state index is -4.69. The highest BCUT2D eigenvalue weighted by atomic mass is 31.2. The van der Waals surface area contributed by atoms with Gasteiger partial charge in [0.1, 0.15) is 11.7 Å². The molecule has 0 saturated carbocycles. The number of carbonyl (C=O) groups excluding carboxylic acids is 3. The normalized spacial score (nSPS) is 16.1. The molecule has 46 heavy (non-hydrogen) atoms. The topological polar surface area (TPSA) is 193 Å². The van der Waals surface area contributed by atoms with Crippen LogP contribution in [0.3, 0.4) is 0 Å². The van der Waals surface area contributed by atoms with Gasteiger partial charge in [-0.2, -0.15) is 0 Å². The summed E-state index contributed by atoms with van der Waals surface area (Å²) in [5.41, 5.74) is 2.22. The van der Waals surface area contributed by atoms with Gasteiger partial charge >= 0.3 is 13.7 Å². The number of anilines is 1. The third kappa shape index (κ3) is 11.1. The molecular weight excluding hydrogens is 619 g/mol. The third-order valence-electron chi connectivity index (χ3n) is 7.58. The van der Waals surface area contributed by atoms with Gasteiger partial charge in [0, 0.05) is 63.6 Å². The Morgan fingerprint density at radius 3 is 2.20 bits per heavy atom. The van der Waals surface area contributed by atoms with Crippen LogP contribution < -0.4 is 10.2 Å². The summed E-state index contributed by atoms with van der Waals surface area (Å²) >= 11 is 0. The summed E-state index contributed by atoms with van der Waals surface area (Å²) in [7, 11) is -2.64. The van der Waals surface area contributed by atoms with Crippen molar-refractivity contribution in [1.29, 1.82) is 0 Å². The number of nitrogens with zero attached hydrogens (tertiary/aromatic N) is 5. The predicted octanol–water partition coefficient (Wildman–Crippen LogP) is 1.56. The molecule has 0 unspecified atom stereocenters. The van der Waals surface area contributed by atoms with Gasteiger partial charge in [-0.1, -0.05) is 43.7 Å². The second-order valence-electron chi connectivity index (χ2n) is 11.0. The number of carboxylic acid groups (broad SMARTS) is 1. The molecule has 1 aromatic heterocycles. The van der Waals surface area contributed by atoms with Gasteiger partial charge in [-0.25, -0.2) is 9.78 Å². The number of unbranched alkanes of at least 4 members (excludes halogenated alkanes) is 1. The Balaban J connectivity index is 0.00000185. The van der Waals surface area contributed by atoms with E-state index in [2.05, 4.69) is 27.1 Å². The first-order valence-corrected chi connectivity index (χ1v) is 16.9. The Hall–Kier alpha value is -4.04. The molecule has 15 nitrogen and oxygen atoms in total. The van der Waals surface area contributed by atoms with Crippen LogP contribution in [0, 0.1) is 0 Å². The van der Waals surface area contributed by atoms with Crippen molar-refractivity contribution in [3.05, 3.63) is 48.2 Å². The van der Waals surface area contributed by atoms with Crippen LogP contribution in [0.15, 0.2) is 42.5 Å². The average Bonchev–Trinajstić information content (AvgIpc) is 3.04. The molecule has 0 bridgehead atoms. The molecule has 3 heterocycles. The zero-order chi connectivity index (χ0) is 33.7. The molecule has 252 valence electrons. The fourth-order valence-electron chi connectivity index (χ4n) is 5.02. The molecule has 0 radical (unpaired) electrons. The van der Waals surface area contributed by atoms with E-state index in [4.69, 9.17) is 14.6 Å². The summed E-state index contributed by atoms with van der Waals surface area (Å²) in [5.74, 6) is -1.34. The number of rotatable bonds is 10. The highest BCUT2D eigenvalue weighted by molar-refractivity contribution is 7.51. The standard InChI is InChI=1S/C29H41N6O7P.CH2O2/c1-3-4-18-42-29(38)35-16-14-34(15-17-35)28(37)26(21-43(39,40)41)31-27(36)25-20-23(33-12-10-32(2)11-13-33)19-24(30-25)22-8-6-5-7-9-22;2-1-3/h5-9,19-20,26H,3-4,10-18,21H2,1-2H3,(H,31,36)(H2,39,40,41);1H,(H,2,3)/t26-;/m0./s1. The summed E-state index contributed by atoms with van der Waals surface area (Å²) in [5, 5.41) is 9.44. The highest BCUT2D eigenvalue weighted by Gasteiger charge is 2.35. The zero-order valence-corrected chi connectivity index (χ0v) is 27.1. The van der Waals surface area contributed by atoms with Crippen molar-refractivity contribution in [3.8, 4) is 11.3 Å². The van der Waals surface area contributed by atoms with Gasteiger partial charge in [0.15, 0.2) is 0 Å². The molecule has 1 aromatic carbocycles. The number of likely N-dealkylation sites (N-methyl/N-ethyl adjacent to an activating group) is 1.